The zero-order valence-corrected chi connectivity index (χ0v) is 38.2. The van der Waals surface area contributed by atoms with E-state index in [1.54, 1.807) is 0 Å². The molecule has 1 unspecified atom stereocenters. The highest BCUT2D eigenvalue weighted by molar-refractivity contribution is 5.71. The highest BCUT2D eigenvalue weighted by atomic mass is 16.6. The summed E-state index contributed by atoms with van der Waals surface area (Å²) < 4.78 is 16.7. The van der Waals surface area contributed by atoms with Gasteiger partial charge in [0.25, 0.3) is 0 Å². The smallest absolute Gasteiger partial charge is 0.306 e. The van der Waals surface area contributed by atoms with Crippen LogP contribution in [0.2, 0.25) is 0 Å². The monoisotopic (exact) mass is 821 g/mol. The van der Waals surface area contributed by atoms with Crippen LogP contribution >= 0.6 is 0 Å². The highest BCUT2D eigenvalue weighted by Gasteiger charge is 2.19. The Morgan fingerprint density at radius 3 is 1.19 bits per heavy atom. The van der Waals surface area contributed by atoms with Crippen LogP contribution in [0.25, 0.3) is 0 Å². The molecule has 0 rings (SSSR count). The summed E-state index contributed by atoms with van der Waals surface area (Å²) in [5.41, 5.74) is 0. The van der Waals surface area contributed by atoms with E-state index < -0.39 is 6.10 Å². The van der Waals surface area contributed by atoms with Gasteiger partial charge in [-0.25, -0.2) is 0 Å². The Labute approximate surface area is 363 Å². The van der Waals surface area contributed by atoms with Gasteiger partial charge in [-0.1, -0.05) is 176 Å². The summed E-state index contributed by atoms with van der Waals surface area (Å²) in [5, 5.41) is 0. The van der Waals surface area contributed by atoms with E-state index in [0.29, 0.717) is 19.3 Å². The number of unbranched alkanes of at least 4 members (excludes halogenated alkanes) is 17. The van der Waals surface area contributed by atoms with Gasteiger partial charge in [-0.05, 0) is 103 Å². The SMILES string of the molecule is CC/C=C\C/C=C\C/C=C\C/C=C\C/C=C\CCCC(=O)OCC(COC(=O)CCCCCC/C=C\CCCC)OC(=O)CCCCC/C=C\CCCCCCCCC. The maximum Gasteiger partial charge on any atom is 0.306 e. The topological polar surface area (TPSA) is 78.9 Å². The molecule has 0 aromatic rings. The van der Waals surface area contributed by atoms with Crippen LogP contribution in [0.15, 0.2) is 85.1 Å². The molecule has 0 aromatic heterocycles. The van der Waals surface area contributed by atoms with Crippen LogP contribution in [0.4, 0.5) is 0 Å². The minimum Gasteiger partial charge on any atom is -0.462 e. The number of ether oxygens (including phenoxy) is 3. The van der Waals surface area contributed by atoms with Crippen molar-refractivity contribution in [2.45, 2.75) is 219 Å². The first-order valence-corrected chi connectivity index (χ1v) is 24.1. The average Bonchev–Trinajstić information content (AvgIpc) is 3.23. The van der Waals surface area contributed by atoms with E-state index in [-0.39, 0.29) is 37.5 Å². The zero-order chi connectivity index (χ0) is 43.0. The molecular weight excluding hydrogens is 733 g/mol. The molecule has 1 atom stereocenters. The minimum atomic E-state index is -0.810. The molecule has 6 nitrogen and oxygen atoms in total. The van der Waals surface area contributed by atoms with E-state index in [1.807, 2.05) is 0 Å². The Balaban J connectivity index is 4.50. The predicted octanol–water partition coefficient (Wildman–Crippen LogP) is 15.6. The third-order valence-corrected chi connectivity index (χ3v) is 9.85. The van der Waals surface area contributed by atoms with Gasteiger partial charge in [0.1, 0.15) is 13.2 Å². The van der Waals surface area contributed by atoms with Crippen LogP contribution in [-0.2, 0) is 28.6 Å². The van der Waals surface area contributed by atoms with Crippen LogP contribution < -0.4 is 0 Å². The molecule has 59 heavy (non-hydrogen) atoms. The summed E-state index contributed by atoms with van der Waals surface area (Å²) in [5.74, 6) is -1.00. The van der Waals surface area contributed by atoms with Gasteiger partial charge in [0.15, 0.2) is 6.10 Å². The van der Waals surface area contributed by atoms with Gasteiger partial charge < -0.3 is 14.2 Å². The van der Waals surface area contributed by atoms with Crippen molar-refractivity contribution >= 4 is 17.9 Å². The molecule has 0 amide bonds. The summed E-state index contributed by atoms with van der Waals surface area (Å²) in [6.07, 6.45) is 60.0. The van der Waals surface area contributed by atoms with Crippen LogP contribution in [0.5, 0.6) is 0 Å². The molecule has 0 saturated carbocycles. The molecule has 0 aliphatic carbocycles. The fourth-order valence-electron chi connectivity index (χ4n) is 6.22. The molecule has 0 aliphatic rings. The van der Waals surface area contributed by atoms with Crippen molar-refractivity contribution in [3.8, 4) is 0 Å². The summed E-state index contributed by atoms with van der Waals surface area (Å²) in [6.45, 7) is 6.38. The molecule has 336 valence electrons. The molecule has 0 spiro atoms. The van der Waals surface area contributed by atoms with Crippen molar-refractivity contribution in [3.63, 3.8) is 0 Å². The lowest BCUT2D eigenvalue weighted by atomic mass is 10.1. The molecular formula is C53H88O6. The van der Waals surface area contributed by atoms with Crippen LogP contribution in [0, 0.1) is 0 Å². The van der Waals surface area contributed by atoms with Crippen molar-refractivity contribution in [2.75, 3.05) is 13.2 Å². The van der Waals surface area contributed by atoms with E-state index in [1.165, 1.54) is 57.8 Å². The summed E-state index contributed by atoms with van der Waals surface area (Å²) in [7, 11) is 0. The lowest BCUT2D eigenvalue weighted by Crippen LogP contribution is -2.30. The van der Waals surface area contributed by atoms with Gasteiger partial charge in [0.2, 0.25) is 0 Å². The molecule has 0 aliphatic heterocycles. The molecule has 6 heteroatoms. The lowest BCUT2D eigenvalue weighted by Gasteiger charge is -2.18. The number of hydrogen-bond acceptors (Lipinski definition) is 6. The summed E-state index contributed by atoms with van der Waals surface area (Å²) in [6, 6.07) is 0. The molecule has 0 radical (unpaired) electrons. The first-order chi connectivity index (χ1) is 29.0. The van der Waals surface area contributed by atoms with Crippen LogP contribution in [0.1, 0.15) is 213 Å². The van der Waals surface area contributed by atoms with Crippen molar-refractivity contribution in [2.24, 2.45) is 0 Å². The third kappa shape index (κ3) is 45.5. The Hall–Kier alpha value is -3.41. The van der Waals surface area contributed by atoms with Gasteiger partial charge in [-0.3, -0.25) is 14.4 Å². The summed E-state index contributed by atoms with van der Waals surface area (Å²) in [4.78, 5) is 37.8. The van der Waals surface area contributed by atoms with Crippen molar-refractivity contribution in [3.05, 3.63) is 85.1 Å². The van der Waals surface area contributed by atoms with Crippen molar-refractivity contribution < 1.29 is 28.6 Å². The van der Waals surface area contributed by atoms with Crippen molar-refractivity contribution in [1.29, 1.82) is 0 Å². The Bertz CT molecular complexity index is 1170. The molecule has 0 fully saturated rings. The molecule has 0 heterocycles. The normalized spacial score (nSPS) is 12.8. The van der Waals surface area contributed by atoms with Gasteiger partial charge in [0.05, 0.1) is 0 Å². The summed E-state index contributed by atoms with van der Waals surface area (Å²) >= 11 is 0. The number of carbonyl (C=O) groups is 3. The number of allylic oxidation sites excluding steroid dienone is 14. The van der Waals surface area contributed by atoms with Gasteiger partial charge in [0, 0.05) is 19.3 Å². The van der Waals surface area contributed by atoms with Crippen molar-refractivity contribution in [1.82, 2.24) is 0 Å². The first-order valence-electron chi connectivity index (χ1n) is 24.1. The van der Waals surface area contributed by atoms with E-state index in [2.05, 4.69) is 106 Å². The fraction of sp³-hybridized carbons (Fsp3) is 0.679. The second kappa shape index (κ2) is 47.3. The first kappa shape index (κ1) is 55.6. The quantitative estimate of drug-likeness (QED) is 0.0264. The fourth-order valence-corrected chi connectivity index (χ4v) is 6.22. The number of hydrogen-bond donors (Lipinski definition) is 0. The number of carbonyl (C=O) groups excluding carboxylic acids is 3. The van der Waals surface area contributed by atoms with Gasteiger partial charge in [-0.15, -0.1) is 0 Å². The van der Waals surface area contributed by atoms with Crippen LogP contribution in [-0.4, -0.2) is 37.2 Å². The Kier molecular flexibility index (Phi) is 44.5. The second-order valence-corrected chi connectivity index (χ2v) is 15.6. The highest BCUT2D eigenvalue weighted by Crippen LogP contribution is 2.12. The second-order valence-electron chi connectivity index (χ2n) is 15.6. The predicted molar refractivity (Wildman–Crippen MR) is 251 cm³/mol. The lowest BCUT2D eigenvalue weighted by molar-refractivity contribution is -0.167. The molecule has 0 bridgehead atoms. The molecule has 0 N–H and O–H groups in total. The van der Waals surface area contributed by atoms with E-state index in [4.69, 9.17) is 14.2 Å². The van der Waals surface area contributed by atoms with Gasteiger partial charge >= 0.3 is 17.9 Å². The maximum absolute atomic E-state index is 12.7. The number of esters is 3. The maximum atomic E-state index is 12.7. The van der Waals surface area contributed by atoms with E-state index in [0.717, 1.165) is 109 Å². The zero-order valence-electron chi connectivity index (χ0n) is 38.2. The van der Waals surface area contributed by atoms with Gasteiger partial charge in [-0.2, -0.15) is 0 Å². The minimum absolute atomic E-state index is 0.107. The standard InChI is InChI=1S/C53H88O6/c1-4-7-10-13-16-19-22-24-26-27-28-30-31-34-37-40-43-46-52(55)58-49-50(48-57-51(54)45-42-39-36-33-21-18-15-12-9-6-3)59-53(56)47-44-41-38-35-32-29-25-23-20-17-14-11-8-5-2/h7,10,15-16,18-19,24,26,28-30,32,34,37,50H,4-6,8-9,11-14,17,20-23,25,27,31,33,35-36,38-49H2,1-3H3/b10-7-,18-15-,19-16-,26-24-,30-28-,32-29-,37-34-. The number of rotatable bonds is 42. The largest absolute Gasteiger partial charge is 0.462 e. The Morgan fingerprint density at radius 1 is 0.356 bits per heavy atom. The van der Waals surface area contributed by atoms with E-state index >= 15 is 0 Å². The Morgan fingerprint density at radius 2 is 0.695 bits per heavy atom. The third-order valence-electron chi connectivity index (χ3n) is 9.85. The average molecular weight is 821 g/mol. The molecule has 0 saturated heterocycles. The van der Waals surface area contributed by atoms with Crippen LogP contribution in [0.3, 0.4) is 0 Å². The van der Waals surface area contributed by atoms with E-state index in [9.17, 15) is 14.4 Å². The molecule has 0 aromatic carbocycles.